The van der Waals surface area contributed by atoms with E-state index < -0.39 is 0 Å². The van der Waals surface area contributed by atoms with Gasteiger partial charge in [0.2, 0.25) is 0 Å². The van der Waals surface area contributed by atoms with Gasteiger partial charge in [0, 0.05) is 68.3 Å². The molecule has 0 N–H and O–H groups in total. The van der Waals surface area contributed by atoms with Gasteiger partial charge < -0.3 is 14.7 Å². The van der Waals surface area contributed by atoms with Crippen LogP contribution in [-0.2, 0) is 6.42 Å². The molecule has 3 aliphatic rings. The lowest BCUT2D eigenvalue weighted by atomic mass is 9.98. The van der Waals surface area contributed by atoms with E-state index in [1.54, 1.807) is 5.56 Å². The third kappa shape index (κ3) is 3.59. The zero-order valence-electron chi connectivity index (χ0n) is 17.1. The fourth-order valence-corrected chi connectivity index (χ4v) is 5.25. The predicted molar refractivity (Wildman–Crippen MR) is 120 cm³/mol. The Kier molecular flexibility index (Phi) is 5.16. The van der Waals surface area contributed by atoms with Crippen LogP contribution >= 0.6 is 0 Å². The molecule has 3 aliphatic heterocycles. The lowest BCUT2D eigenvalue weighted by Crippen LogP contribution is -2.26. The van der Waals surface area contributed by atoms with E-state index >= 15 is 0 Å². The van der Waals surface area contributed by atoms with Crippen LogP contribution in [0.5, 0.6) is 0 Å². The molecule has 3 heterocycles. The van der Waals surface area contributed by atoms with Gasteiger partial charge in [0.25, 0.3) is 0 Å². The molecule has 3 fully saturated rings. The van der Waals surface area contributed by atoms with Crippen molar-refractivity contribution in [1.29, 1.82) is 0 Å². The van der Waals surface area contributed by atoms with E-state index in [0.717, 1.165) is 6.42 Å². The average molecular weight is 376 g/mol. The molecule has 3 saturated heterocycles. The van der Waals surface area contributed by atoms with Gasteiger partial charge in [0.15, 0.2) is 0 Å². The van der Waals surface area contributed by atoms with E-state index in [9.17, 15) is 0 Å². The molecule has 148 valence electrons. The second-order valence-electron chi connectivity index (χ2n) is 8.71. The molecule has 2 aromatic rings. The van der Waals surface area contributed by atoms with E-state index in [1.165, 1.54) is 100 Å². The third-order valence-electron chi connectivity index (χ3n) is 6.78. The zero-order valence-corrected chi connectivity index (χ0v) is 17.1. The quantitative estimate of drug-likeness (QED) is 0.722. The normalized spacial score (nSPS) is 19.8. The number of hydrogen-bond acceptors (Lipinski definition) is 3. The summed E-state index contributed by atoms with van der Waals surface area (Å²) < 4.78 is 0. The predicted octanol–water partition coefficient (Wildman–Crippen LogP) is 5.08. The van der Waals surface area contributed by atoms with Crippen LogP contribution in [0, 0.1) is 0 Å². The lowest BCUT2D eigenvalue weighted by Gasteiger charge is -2.31. The van der Waals surface area contributed by atoms with Crippen molar-refractivity contribution in [3.63, 3.8) is 0 Å². The van der Waals surface area contributed by atoms with Crippen LogP contribution < -0.4 is 14.7 Å². The molecule has 0 unspecified atom stereocenters. The highest BCUT2D eigenvalue weighted by Crippen LogP contribution is 2.40. The topological polar surface area (TPSA) is 9.72 Å². The highest BCUT2D eigenvalue weighted by atomic mass is 15.2. The van der Waals surface area contributed by atoms with Gasteiger partial charge in [-0.3, -0.25) is 0 Å². The Morgan fingerprint density at radius 2 is 1.04 bits per heavy atom. The van der Waals surface area contributed by atoms with Crippen LogP contribution in [0.4, 0.5) is 17.1 Å². The molecule has 0 saturated carbocycles. The highest BCUT2D eigenvalue weighted by molar-refractivity contribution is 5.76. The fraction of sp³-hybridized carbons (Fsp3) is 0.520. The van der Waals surface area contributed by atoms with E-state index in [4.69, 9.17) is 0 Å². The number of hydrogen-bond donors (Lipinski definition) is 0. The average Bonchev–Trinajstić information content (AvgIpc) is 3.52. The summed E-state index contributed by atoms with van der Waals surface area (Å²) in [4.78, 5) is 7.94. The third-order valence-corrected chi connectivity index (χ3v) is 6.78. The van der Waals surface area contributed by atoms with Crippen molar-refractivity contribution in [3.8, 4) is 0 Å². The van der Waals surface area contributed by atoms with Crippen molar-refractivity contribution in [2.24, 2.45) is 0 Å². The molecule has 0 aromatic heterocycles. The Balaban J connectivity index is 1.61. The van der Waals surface area contributed by atoms with Crippen molar-refractivity contribution in [3.05, 3.63) is 53.6 Å². The van der Waals surface area contributed by atoms with Crippen LogP contribution in [0.25, 0.3) is 0 Å². The maximum absolute atomic E-state index is 2.66. The second kappa shape index (κ2) is 8.06. The molecular formula is C25H33N3. The molecule has 0 amide bonds. The van der Waals surface area contributed by atoms with Gasteiger partial charge in [-0.25, -0.2) is 0 Å². The van der Waals surface area contributed by atoms with Crippen LogP contribution in [0.1, 0.15) is 49.7 Å². The Morgan fingerprint density at radius 3 is 1.54 bits per heavy atom. The fourth-order valence-electron chi connectivity index (χ4n) is 5.25. The molecule has 2 aromatic carbocycles. The molecule has 0 spiro atoms. The minimum atomic E-state index is 1.04. The molecule has 0 aliphatic carbocycles. The number of anilines is 3. The van der Waals surface area contributed by atoms with Gasteiger partial charge in [0.05, 0.1) is 0 Å². The van der Waals surface area contributed by atoms with E-state index in [-0.39, 0.29) is 0 Å². The summed E-state index contributed by atoms with van der Waals surface area (Å²) in [7, 11) is 0. The van der Waals surface area contributed by atoms with Gasteiger partial charge >= 0.3 is 0 Å². The highest BCUT2D eigenvalue weighted by Gasteiger charge is 2.25. The molecule has 0 bridgehead atoms. The van der Waals surface area contributed by atoms with Gasteiger partial charge in [0.1, 0.15) is 0 Å². The Labute approximate surface area is 169 Å². The molecule has 0 atom stereocenters. The molecule has 3 heteroatoms. The maximum atomic E-state index is 2.66. The van der Waals surface area contributed by atoms with Gasteiger partial charge in [-0.15, -0.1) is 0 Å². The van der Waals surface area contributed by atoms with Crippen LogP contribution in [-0.4, -0.2) is 39.3 Å². The van der Waals surface area contributed by atoms with Gasteiger partial charge in [-0.05, 0) is 56.2 Å². The van der Waals surface area contributed by atoms with E-state index in [0.29, 0.717) is 0 Å². The molecular weight excluding hydrogens is 342 g/mol. The lowest BCUT2D eigenvalue weighted by molar-refractivity contribution is 0.913. The summed E-state index contributed by atoms with van der Waals surface area (Å²) in [5.41, 5.74) is 7.45. The second-order valence-corrected chi connectivity index (χ2v) is 8.71. The first-order valence-corrected chi connectivity index (χ1v) is 11.3. The summed E-state index contributed by atoms with van der Waals surface area (Å²) in [5, 5.41) is 0. The van der Waals surface area contributed by atoms with E-state index in [2.05, 4.69) is 57.2 Å². The number of rotatable bonds is 5. The molecule has 5 rings (SSSR count). The molecule has 3 nitrogen and oxygen atoms in total. The first-order chi connectivity index (χ1) is 13.9. The van der Waals surface area contributed by atoms with Crippen LogP contribution in [0.2, 0.25) is 0 Å². The standard InChI is InChI=1S/C25H33N3/c1-2-10-21(11-3-1)18-23-24(27-14-6-7-15-27)19-22(26-12-4-5-13-26)20-25(23)28-16-8-9-17-28/h1-3,10-11,19-20H,4-9,12-18H2. The van der Waals surface area contributed by atoms with E-state index in [1.807, 2.05) is 0 Å². The summed E-state index contributed by atoms with van der Waals surface area (Å²) in [6.07, 6.45) is 9.04. The monoisotopic (exact) mass is 375 g/mol. The summed E-state index contributed by atoms with van der Waals surface area (Å²) in [6, 6.07) is 16.1. The number of nitrogens with zero attached hydrogens (tertiary/aromatic N) is 3. The van der Waals surface area contributed by atoms with Crippen LogP contribution in [0.3, 0.4) is 0 Å². The Hall–Kier alpha value is -2.16. The first kappa shape index (κ1) is 17.9. The molecule has 28 heavy (non-hydrogen) atoms. The van der Waals surface area contributed by atoms with Crippen molar-refractivity contribution < 1.29 is 0 Å². The first-order valence-electron chi connectivity index (χ1n) is 11.3. The van der Waals surface area contributed by atoms with Crippen molar-refractivity contribution >= 4 is 17.1 Å². The van der Waals surface area contributed by atoms with Crippen molar-refractivity contribution in [2.45, 2.75) is 44.9 Å². The van der Waals surface area contributed by atoms with Crippen LogP contribution in [0.15, 0.2) is 42.5 Å². The number of benzene rings is 2. The largest absolute Gasteiger partial charge is 0.371 e. The SMILES string of the molecule is c1ccc(Cc2c(N3CCCC3)cc(N3CCCC3)cc2N2CCCC2)cc1. The molecule has 0 radical (unpaired) electrons. The van der Waals surface area contributed by atoms with Gasteiger partial charge in [-0.2, -0.15) is 0 Å². The Morgan fingerprint density at radius 1 is 0.571 bits per heavy atom. The minimum Gasteiger partial charge on any atom is -0.371 e. The smallest absolute Gasteiger partial charge is 0.0443 e. The minimum absolute atomic E-state index is 1.04. The summed E-state index contributed by atoms with van der Waals surface area (Å²) >= 11 is 0. The van der Waals surface area contributed by atoms with Gasteiger partial charge in [-0.1, -0.05) is 30.3 Å². The Bertz CT molecular complexity index is 746. The van der Waals surface area contributed by atoms with Crippen molar-refractivity contribution in [2.75, 3.05) is 54.0 Å². The summed E-state index contributed by atoms with van der Waals surface area (Å²) in [5.74, 6) is 0. The van der Waals surface area contributed by atoms with Crippen molar-refractivity contribution in [1.82, 2.24) is 0 Å². The maximum Gasteiger partial charge on any atom is 0.0443 e. The summed E-state index contributed by atoms with van der Waals surface area (Å²) in [6.45, 7) is 7.29. The zero-order chi connectivity index (χ0) is 18.8.